The molecule has 1 saturated heterocycles. The molecule has 10 heteroatoms. The highest BCUT2D eigenvalue weighted by Gasteiger charge is 2.48. The van der Waals surface area contributed by atoms with Gasteiger partial charge in [0.15, 0.2) is 16.6 Å². The lowest BCUT2D eigenvalue weighted by atomic mass is 9.95. The van der Waals surface area contributed by atoms with Crippen LogP contribution in [0.15, 0.2) is 79.2 Å². The number of benzene rings is 2. The van der Waals surface area contributed by atoms with Crippen molar-refractivity contribution in [1.29, 1.82) is 0 Å². The molecule has 1 aliphatic rings. The van der Waals surface area contributed by atoms with Crippen LogP contribution in [0.2, 0.25) is 0 Å². The summed E-state index contributed by atoms with van der Waals surface area (Å²) < 4.78 is 17.7. The molecule has 1 atom stereocenters. The Balaban J connectivity index is 1.71. The van der Waals surface area contributed by atoms with E-state index >= 15 is 0 Å². The minimum Gasteiger partial charge on any atom is -0.507 e. The Bertz CT molecular complexity index is 1600. The number of ether oxygens (including phenoxy) is 3. The third-order valence-corrected chi connectivity index (χ3v) is 7.15. The number of fused-ring (bicyclic) bond motifs is 1. The predicted octanol–water partition coefficient (Wildman–Crippen LogP) is 5.29. The smallest absolute Gasteiger partial charge is 0.301 e. The van der Waals surface area contributed by atoms with Crippen LogP contribution in [0, 0.1) is 0 Å². The van der Waals surface area contributed by atoms with E-state index in [-0.39, 0.29) is 17.9 Å². The number of aliphatic hydroxyl groups is 1. The number of hydrogen-bond donors (Lipinski definition) is 1. The van der Waals surface area contributed by atoms with E-state index < -0.39 is 17.7 Å². The van der Waals surface area contributed by atoms with Crippen LogP contribution in [-0.2, 0) is 9.59 Å². The number of methoxy groups -OCH3 is 1. The second-order valence-electron chi connectivity index (χ2n) is 8.47. The standard InChI is InChI=1S/C29H25N3O6S/c1-4-14-38-21-9-6-18(15-22(21)37-5-2)25-24(26(33)17-10-12-30-13-11-17)27(34)28(35)32(25)29-31-20-8-7-19(36-3)16-23(20)39-29/h4,6-13,15-16,25,33H,1,5,14H2,2-3H3. The van der Waals surface area contributed by atoms with Crippen LogP contribution in [0.3, 0.4) is 0 Å². The number of amides is 1. The number of nitrogens with zero attached hydrogens (tertiary/aromatic N) is 3. The molecular weight excluding hydrogens is 518 g/mol. The molecule has 9 nitrogen and oxygen atoms in total. The van der Waals surface area contributed by atoms with Crippen molar-refractivity contribution in [1.82, 2.24) is 9.97 Å². The number of thiazole rings is 1. The maximum absolute atomic E-state index is 13.5. The highest BCUT2D eigenvalue weighted by molar-refractivity contribution is 7.22. The van der Waals surface area contributed by atoms with Gasteiger partial charge in [0.25, 0.3) is 5.78 Å². The van der Waals surface area contributed by atoms with Crippen molar-refractivity contribution in [3.05, 3.63) is 90.3 Å². The average molecular weight is 544 g/mol. The minimum absolute atomic E-state index is 0.0646. The zero-order valence-corrected chi connectivity index (χ0v) is 22.1. The zero-order chi connectivity index (χ0) is 27.5. The van der Waals surface area contributed by atoms with E-state index in [0.717, 1.165) is 4.70 Å². The number of hydrogen-bond acceptors (Lipinski definition) is 9. The van der Waals surface area contributed by atoms with Crippen LogP contribution in [0.25, 0.3) is 16.0 Å². The molecule has 1 unspecified atom stereocenters. The molecule has 0 spiro atoms. The molecule has 0 radical (unpaired) electrons. The van der Waals surface area contributed by atoms with Crippen molar-refractivity contribution in [2.24, 2.45) is 0 Å². The van der Waals surface area contributed by atoms with Gasteiger partial charge in [0, 0.05) is 18.0 Å². The number of aliphatic hydroxyl groups excluding tert-OH is 1. The van der Waals surface area contributed by atoms with Crippen LogP contribution < -0.4 is 19.1 Å². The third-order valence-electron chi connectivity index (χ3n) is 6.13. The van der Waals surface area contributed by atoms with Gasteiger partial charge >= 0.3 is 5.91 Å². The van der Waals surface area contributed by atoms with Gasteiger partial charge in [0.2, 0.25) is 0 Å². The number of anilines is 1. The van der Waals surface area contributed by atoms with Gasteiger partial charge in [-0.05, 0) is 55.0 Å². The summed E-state index contributed by atoms with van der Waals surface area (Å²) in [7, 11) is 1.57. The second-order valence-corrected chi connectivity index (χ2v) is 9.48. The Morgan fingerprint density at radius 1 is 1.10 bits per heavy atom. The summed E-state index contributed by atoms with van der Waals surface area (Å²) in [6.45, 7) is 6.16. The first kappa shape index (κ1) is 25.9. The Morgan fingerprint density at radius 3 is 2.62 bits per heavy atom. The summed E-state index contributed by atoms with van der Waals surface area (Å²) >= 11 is 1.25. The molecule has 4 aromatic rings. The highest BCUT2D eigenvalue weighted by atomic mass is 32.1. The molecule has 5 rings (SSSR count). The summed E-state index contributed by atoms with van der Waals surface area (Å²) in [5.74, 6) is -0.372. The van der Waals surface area contributed by atoms with Crippen molar-refractivity contribution in [2.75, 3.05) is 25.2 Å². The molecule has 198 valence electrons. The van der Waals surface area contributed by atoms with E-state index in [9.17, 15) is 14.7 Å². The zero-order valence-electron chi connectivity index (χ0n) is 21.3. The van der Waals surface area contributed by atoms with Gasteiger partial charge in [0.1, 0.15) is 18.1 Å². The Morgan fingerprint density at radius 2 is 1.90 bits per heavy atom. The first-order valence-corrected chi connectivity index (χ1v) is 12.9. The van der Waals surface area contributed by atoms with Gasteiger partial charge in [-0.25, -0.2) is 4.98 Å². The van der Waals surface area contributed by atoms with Crippen LogP contribution >= 0.6 is 11.3 Å². The quantitative estimate of drug-likeness (QED) is 0.131. The molecule has 2 aromatic carbocycles. The van der Waals surface area contributed by atoms with Gasteiger partial charge in [-0.3, -0.25) is 19.5 Å². The molecule has 1 N–H and O–H groups in total. The van der Waals surface area contributed by atoms with Crippen molar-refractivity contribution in [3.8, 4) is 17.2 Å². The van der Waals surface area contributed by atoms with E-state index in [1.165, 1.54) is 28.6 Å². The van der Waals surface area contributed by atoms with E-state index in [1.807, 2.05) is 13.0 Å². The van der Waals surface area contributed by atoms with Crippen molar-refractivity contribution < 1.29 is 28.9 Å². The average Bonchev–Trinajstić information content (AvgIpc) is 3.50. The van der Waals surface area contributed by atoms with Gasteiger partial charge in [-0.1, -0.05) is 30.1 Å². The predicted molar refractivity (Wildman–Crippen MR) is 148 cm³/mol. The van der Waals surface area contributed by atoms with E-state index in [0.29, 0.717) is 45.6 Å². The van der Waals surface area contributed by atoms with Gasteiger partial charge < -0.3 is 19.3 Å². The first-order valence-electron chi connectivity index (χ1n) is 12.1. The Labute approximate surface area is 228 Å². The summed E-state index contributed by atoms with van der Waals surface area (Å²) in [4.78, 5) is 37.0. The molecule has 2 aromatic heterocycles. The van der Waals surface area contributed by atoms with Crippen molar-refractivity contribution in [3.63, 3.8) is 0 Å². The molecule has 3 heterocycles. The lowest BCUT2D eigenvalue weighted by Crippen LogP contribution is -2.29. The lowest BCUT2D eigenvalue weighted by molar-refractivity contribution is -0.132. The Hall–Kier alpha value is -4.70. The molecule has 1 amide bonds. The van der Waals surface area contributed by atoms with Crippen LogP contribution in [0.5, 0.6) is 17.2 Å². The van der Waals surface area contributed by atoms with E-state index in [2.05, 4.69) is 16.5 Å². The number of pyridine rings is 1. The molecule has 1 fully saturated rings. The maximum atomic E-state index is 13.5. The van der Waals surface area contributed by atoms with Gasteiger partial charge in [-0.2, -0.15) is 0 Å². The minimum atomic E-state index is -0.978. The maximum Gasteiger partial charge on any atom is 0.301 e. The fraction of sp³-hybridized carbons (Fsp3) is 0.172. The lowest BCUT2D eigenvalue weighted by Gasteiger charge is -2.24. The Kier molecular flexibility index (Phi) is 7.29. The third kappa shape index (κ3) is 4.82. The molecular formula is C29H25N3O6S. The summed E-state index contributed by atoms with van der Waals surface area (Å²) in [5.41, 5.74) is 1.48. The number of Topliss-reactive ketones (excluding diaryl/α,β-unsaturated/α-hetero) is 1. The van der Waals surface area contributed by atoms with Crippen molar-refractivity contribution in [2.45, 2.75) is 13.0 Å². The normalized spacial score (nSPS) is 16.5. The molecule has 0 saturated carbocycles. The van der Waals surface area contributed by atoms with Crippen LogP contribution in [-0.4, -0.2) is 47.1 Å². The van der Waals surface area contributed by atoms with Crippen LogP contribution in [0.4, 0.5) is 5.13 Å². The fourth-order valence-electron chi connectivity index (χ4n) is 4.36. The number of carbonyl (C=O) groups is 2. The van der Waals surface area contributed by atoms with E-state index in [4.69, 9.17) is 14.2 Å². The highest BCUT2D eigenvalue weighted by Crippen LogP contribution is 2.46. The number of ketones is 1. The van der Waals surface area contributed by atoms with Gasteiger partial charge in [0.05, 0.1) is 35.5 Å². The molecule has 0 bridgehead atoms. The van der Waals surface area contributed by atoms with Gasteiger partial charge in [-0.15, -0.1) is 0 Å². The summed E-state index contributed by atoms with van der Waals surface area (Å²) in [6, 6.07) is 12.7. The first-order chi connectivity index (χ1) is 19.0. The van der Waals surface area contributed by atoms with E-state index in [1.54, 1.807) is 55.7 Å². The number of aromatic nitrogens is 2. The molecule has 39 heavy (non-hydrogen) atoms. The number of rotatable bonds is 9. The second kappa shape index (κ2) is 11.0. The van der Waals surface area contributed by atoms with Crippen molar-refractivity contribution >= 4 is 44.1 Å². The summed E-state index contributed by atoms with van der Waals surface area (Å²) in [5, 5.41) is 11.6. The number of carbonyl (C=O) groups excluding carboxylic acids is 2. The summed E-state index contributed by atoms with van der Waals surface area (Å²) in [6.07, 6.45) is 4.62. The largest absolute Gasteiger partial charge is 0.507 e. The molecule has 1 aliphatic heterocycles. The van der Waals surface area contributed by atoms with Crippen LogP contribution in [0.1, 0.15) is 24.1 Å². The molecule has 0 aliphatic carbocycles. The topological polar surface area (TPSA) is 111 Å². The monoisotopic (exact) mass is 543 g/mol. The fourth-order valence-corrected chi connectivity index (χ4v) is 5.38. The SMILES string of the molecule is C=CCOc1ccc(C2C(=C(O)c3ccncc3)C(=O)C(=O)N2c2nc3ccc(OC)cc3s2)cc1OCC.